The molecule has 1 aromatic carbocycles. The zero-order valence-corrected chi connectivity index (χ0v) is 18.9. The van der Waals surface area contributed by atoms with Gasteiger partial charge in [0.05, 0.1) is 0 Å². The number of hydrogen-bond acceptors (Lipinski definition) is 3. The van der Waals surface area contributed by atoms with E-state index in [4.69, 9.17) is 0 Å². The Balaban J connectivity index is 1.17. The number of nitrogens with zero attached hydrogens (tertiary/aromatic N) is 1. The molecule has 4 amide bonds. The van der Waals surface area contributed by atoms with Gasteiger partial charge >= 0.3 is 6.03 Å². The Kier molecular flexibility index (Phi) is 4.47. The highest BCUT2D eigenvalue weighted by Crippen LogP contribution is 2.61. The smallest absolute Gasteiger partial charge is 0.325 e. The van der Waals surface area contributed by atoms with E-state index >= 15 is 0 Å². The highest BCUT2D eigenvalue weighted by atomic mass is 16.2. The van der Waals surface area contributed by atoms with E-state index in [9.17, 15) is 14.4 Å². The number of nitrogens with one attached hydrogen (secondary N) is 2. The fraction of sp³-hybridized carbons (Fsp3) is 0.654. The maximum Gasteiger partial charge on any atom is 0.325 e. The average molecular weight is 436 g/mol. The molecule has 0 radical (unpaired) electrons. The zero-order chi connectivity index (χ0) is 22.1. The third-order valence-corrected chi connectivity index (χ3v) is 9.33. The fourth-order valence-corrected chi connectivity index (χ4v) is 8.25. The van der Waals surface area contributed by atoms with Crippen LogP contribution >= 0.6 is 0 Å². The van der Waals surface area contributed by atoms with Crippen LogP contribution in [0.2, 0.25) is 0 Å². The van der Waals surface area contributed by atoms with E-state index in [1.807, 2.05) is 24.3 Å². The van der Waals surface area contributed by atoms with Crippen LogP contribution in [-0.4, -0.2) is 35.3 Å². The maximum atomic E-state index is 13.5. The Bertz CT molecular complexity index is 953. The molecule has 1 saturated heterocycles. The van der Waals surface area contributed by atoms with Crippen molar-refractivity contribution in [2.45, 2.75) is 76.3 Å². The van der Waals surface area contributed by atoms with Gasteiger partial charge in [-0.2, -0.15) is 0 Å². The molecule has 2 unspecified atom stereocenters. The minimum Gasteiger partial charge on any atom is -0.352 e. The Morgan fingerprint density at radius 2 is 1.78 bits per heavy atom. The molecular weight excluding hydrogens is 402 g/mol. The number of imide groups is 1. The predicted molar refractivity (Wildman–Crippen MR) is 120 cm³/mol. The molecule has 0 aromatic heterocycles. The number of fused-ring (bicyclic) bond motifs is 2. The third kappa shape index (κ3) is 2.94. The minimum absolute atomic E-state index is 0.0773. The summed E-state index contributed by atoms with van der Waals surface area (Å²) in [5, 5.41) is 6.15. The number of hydrogen-bond donors (Lipinski definition) is 2. The van der Waals surface area contributed by atoms with Gasteiger partial charge in [0.1, 0.15) is 12.1 Å². The molecule has 170 valence electrons. The van der Waals surface area contributed by atoms with Crippen LogP contribution in [0.3, 0.4) is 0 Å². The lowest BCUT2D eigenvalue weighted by Gasteiger charge is -2.59. The average Bonchev–Trinajstić information content (AvgIpc) is 2.98. The first kappa shape index (κ1) is 20.3. The zero-order valence-electron chi connectivity index (χ0n) is 18.9. The minimum atomic E-state index is -1.02. The van der Waals surface area contributed by atoms with Crippen LogP contribution in [-0.2, 0) is 21.5 Å². The third-order valence-electron chi connectivity index (χ3n) is 9.33. The van der Waals surface area contributed by atoms with Crippen LogP contribution in [0.5, 0.6) is 0 Å². The quantitative estimate of drug-likeness (QED) is 0.711. The molecule has 2 atom stereocenters. The normalized spacial score (nSPS) is 38.0. The topological polar surface area (TPSA) is 78.5 Å². The molecule has 4 bridgehead atoms. The van der Waals surface area contributed by atoms with Gasteiger partial charge in [0.15, 0.2) is 0 Å². The highest BCUT2D eigenvalue weighted by Gasteiger charge is 2.55. The number of benzene rings is 1. The second-order valence-electron chi connectivity index (χ2n) is 11.3. The Morgan fingerprint density at radius 1 is 1.12 bits per heavy atom. The number of rotatable bonds is 4. The summed E-state index contributed by atoms with van der Waals surface area (Å²) in [7, 11) is 0. The lowest BCUT2D eigenvalue weighted by Crippen LogP contribution is -2.57. The summed E-state index contributed by atoms with van der Waals surface area (Å²) in [5.41, 5.74) is 1.17. The largest absolute Gasteiger partial charge is 0.352 e. The standard InChI is InChI=1S/C26H33N3O3/c1-16(25-12-17-9-18(13-25)11-19(10-17)14-25)27-22(30)15-29-23(31)26(28-24(29)32)8-4-6-20-5-2-3-7-21(20)26/h2-3,5,7,16-19H,4,6,8-15H2,1H3,(H,27,30)(H,28,32). The van der Waals surface area contributed by atoms with Crippen LogP contribution in [0, 0.1) is 23.2 Å². The molecule has 2 N–H and O–H groups in total. The monoisotopic (exact) mass is 435 g/mol. The van der Waals surface area contributed by atoms with E-state index < -0.39 is 11.6 Å². The Morgan fingerprint density at radius 3 is 2.47 bits per heavy atom. The number of carbonyl (C=O) groups is 3. The Labute approximate surface area is 189 Å². The van der Waals surface area contributed by atoms with Crippen LogP contribution in [0.15, 0.2) is 24.3 Å². The van der Waals surface area contributed by atoms with Crippen LogP contribution in [0.4, 0.5) is 4.79 Å². The van der Waals surface area contributed by atoms with E-state index in [1.165, 1.54) is 38.5 Å². The van der Waals surface area contributed by atoms with Crippen molar-refractivity contribution in [2.24, 2.45) is 23.2 Å². The molecular formula is C26H33N3O3. The van der Waals surface area contributed by atoms with Crippen LogP contribution in [0.1, 0.15) is 69.4 Å². The molecule has 1 aromatic rings. The van der Waals surface area contributed by atoms with Gasteiger partial charge in [-0.1, -0.05) is 24.3 Å². The lowest BCUT2D eigenvalue weighted by atomic mass is 9.48. The first-order valence-corrected chi connectivity index (χ1v) is 12.4. The Hall–Kier alpha value is -2.37. The number of carbonyl (C=O) groups excluding carboxylic acids is 3. The summed E-state index contributed by atoms with van der Waals surface area (Å²) in [4.78, 5) is 40.4. The summed E-state index contributed by atoms with van der Waals surface area (Å²) in [5.74, 6) is 1.94. The summed E-state index contributed by atoms with van der Waals surface area (Å²) < 4.78 is 0. The van der Waals surface area contributed by atoms with Crippen molar-refractivity contribution in [3.05, 3.63) is 35.4 Å². The van der Waals surface area contributed by atoms with Gasteiger partial charge in [0.2, 0.25) is 5.91 Å². The molecule has 7 rings (SSSR count). The molecule has 1 spiro atoms. The maximum absolute atomic E-state index is 13.5. The van der Waals surface area contributed by atoms with Crippen molar-refractivity contribution in [3.63, 3.8) is 0 Å². The summed E-state index contributed by atoms with van der Waals surface area (Å²) in [6.45, 7) is 1.93. The van der Waals surface area contributed by atoms with Gasteiger partial charge < -0.3 is 10.6 Å². The van der Waals surface area contributed by atoms with Gasteiger partial charge in [-0.25, -0.2) is 4.79 Å². The van der Waals surface area contributed by atoms with E-state index in [0.717, 1.165) is 46.6 Å². The van der Waals surface area contributed by atoms with Crippen molar-refractivity contribution in [1.82, 2.24) is 15.5 Å². The first-order valence-electron chi connectivity index (χ1n) is 12.4. The molecule has 5 aliphatic carbocycles. The summed E-state index contributed by atoms with van der Waals surface area (Å²) >= 11 is 0. The van der Waals surface area contributed by atoms with E-state index in [1.54, 1.807) is 0 Å². The van der Waals surface area contributed by atoms with Crippen molar-refractivity contribution >= 4 is 17.8 Å². The van der Waals surface area contributed by atoms with Crippen molar-refractivity contribution < 1.29 is 14.4 Å². The second-order valence-corrected chi connectivity index (χ2v) is 11.3. The molecule has 5 fully saturated rings. The van der Waals surface area contributed by atoms with E-state index in [-0.39, 0.29) is 29.8 Å². The van der Waals surface area contributed by atoms with Gasteiger partial charge in [0, 0.05) is 6.04 Å². The van der Waals surface area contributed by atoms with Crippen LogP contribution in [0.25, 0.3) is 0 Å². The van der Waals surface area contributed by atoms with Gasteiger partial charge in [-0.05, 0) is 99.0 Å². The second kappa shape index (κ2) is 7.06. The molecule has 6 heteroatoms. The number of aryl methyl sites for hydroxylation is 1. The molecule has 6 nitrogen and oxygen atoms in total. The van der Waals surface area contributed by atoms with Gasteiger partial charge in [-0.15, -0.1) is 0 Å². The van der Waals surface area contributed by atoms with Crippen molar-refractivity contribution in [1.29, 1.82) is 0 Å². The van der Waals surface area contributed by atoms with Crippen molar-refractivity contribution in [2.75, 3.05) is 6.54 Å². The van der Waals surface area contributed by atoms with E-state index in [0.29, 0.717) is 6.42 Å². The van der Waals surface area contributed by atoms with Crippen molar-refractivity contribution in [3.8, 4) is 0 Å². The number of urea groups is 1. The molecule has 4 saturated carbocycles. The van der Waals surface area contributed by atoms with Crippen LogP contribution < -0.4 is 10.6 Å². The first-order chi connectivity index (χ1) is 15.4. The molecule has 1 heterocycles. The predicted octanol–water partition coefficient (Wildman–Crippen LogP) is 3.49. The van der Waals surface area contributed by atoms with Gasteiger partial charge in [-0.3, -0.25) is 14.5 Å². The molecule has 1 aliphatic heterocycles. The van der Waals surface area contributed by atoms with Gasteiger partial charge in [0.25, 0.3) is 5.91 Å². The fourth-order valence-electron chi connectivity index (χ4n) is 8.25. The SMILES string of the molecule is CC(NC(=O)CN1C(=O)NC2(CCCc3ccccc32)C1=O)C12CC3CC(CC(C3)C1)C2. The lowest BCUT2D eigenvalue weighted by molar-refractivity contribution is -0.136. The number of amides is 4. The summed E-state index contributed by atoms with van der Waals surface area (Å²) in [6.07, 6.45) is 10.1. The van der Waals surface area contributed by atoms with E-state index in [2.05, 4.69) is 17.6 Å². The molecule has 6 aliphatic rings. The molecule has 32 heavy (non-hydrogen) atoms. The highest BCUT2D eigenvalue weighted by molar-refractivity contribution is 6.09. The summed E-state index contributed by atoms with van der Waals surface area (Å²) in [6, 6.07) is 7.46.